The molecule has 3 aromatic rings. The Labute approximate surface area is 178 Å². The number of pyridine rings is 1. The van der Waals surface area contributed by atoms with E-state index in [1.807, 2.05) is 29.7 Å². The van der Waals surface area contributed by atoms with Crippen molar-refractivity contribution in [1.29, 1.82) is 0 Å². The molecule has 9 heteroatoms. The quantitative estimate of drug-likeness (QED) is 0.669. The van der Waals surface area contributed by atoms with Crippen molar-refractivity contribution < 1.29 is 23.8 Å². The number of nitrogens with one attached hydrogen (secondary N) is 1. The molecule has 2 amide bonds. The summed E-state index contributed by atoms with van der Waals surface area (Å²) in [4.78, 5) is 29.2. The zero-order valence-electron chi connectivity index (χ0n) is 17.3. The average Bonchev–Trinajstić information content (AvgIpc) is 3.10. The van der Waals surface area contributed by atoms with Gasteiger partial charge in [-0.25, -0.2) is 14.2 Å². The van der Waals surface area contributed by atoms with E-state index in [4.69, 9.17) is 4.74 Å². The van der Waals surface area contributed by atoms with Crippen molar-refractivity contribution in [2.24, 2.45) is 0 Å². The summed E-state index contributed by atoms with van der Waals surface area (Å²) >= 11 is 0. The SMILES string of the molecule is CNC(=O)c1ccc(-c2nc3cc(C)ccn3c2CC2CN(C(=O)O)CCO2)c(F)c1. The topological polar surface area (TPSA) is 96.2 Å². The molecule has 31 heavy (non-hydrogen) atoms. The van der Waals surface area contributed by atoms with Crippen LogP contribution < -0.4 is 5.32 Å². The van der Waals surface area contributed by atoms with Crippen LogP contribution >= 0.6 is 0 Å². The number of halogens is 1. The number of aromatic nitrogens is 2. The third-order valence-electron chi connectivity index (χ3n) is 5.42. The molecule has 2 N–H and O–H groups in total. The monoisotopic (exact) mass is 426 g/mol. The summed E-state index contributed by atoms with van der Waals surface area (Å²) in [7, 11) is 1.49. The summed E-state index contributed by atoms with van der Waals surface area (Å²) in [6, 6.07) is 8.12. The lowest BCUT2D eigenvalue weighted by molar-refractivity contribution is -0.0214. The van der Waals surface area contributed by atoms with Gasteiger partial charge in [0.15, 0.2) is 0 Å². The van der Waals surface area contributed by atoms with Crippen LogP contribution in [0.4, 0.5) is 9.18 Å². The van der Waals surface area contributed by atoms with E-state index in [-0.39, 0.29) is 29.7 Å². The maximum atomic E-state index is 15.0. The van der Waals surface area contributed by atoms with E-state index >= 15 is 4.39 Å². The Morgan fingerprint density at radius 1 is 1.32 bits per heavy atom. The molecule has 3 heterocycles. The Morgan fingerprint density at radius 3 is 2.84 bits per heavy atom. The summed E-state index contributed by atoms with van der Waals surface area (Å²) in [6.07, 6.45) is 0.863. The number of rotatable bonds is 4. The van der Waals surface area contributed by atoms with Crippen LogP contribution in [-0.2, 0) is 11.2 Å². The van der Waals surface area contributed by atoms with Gasteiger partial charge in [-0.1, -0.05) is 0 Å². The molecule has 0 aliphatic carbocycles. The first kappa shape index (κ1) is 20.8. The van der Waals surface area contributed by atoms with Crippen molar-refractivity contribution in [3.63, 3.8) is 0 Å². The van der Waals surface area contributed by atoms with Crippen molar-refractivity contribution in [2.75, 3.05) is 26.7 Å². The van der Waals surface area contributed by atoms with Gasteiger partial charge >= 0.3 is 6.09 Å². The highest BCUT2D eigenvalue weighted by Gasteiger charge is 2.27. The van der Waals surface area contributed by atoms with Crippen molar-refractivity contribution in [3.8, 4) is 11.3 Å². The van der Waals surface area contributed by atoms with Gasteiger partial charge in [0.2, 0.25) is 0 Å². The maximum Gasteiger partial charge on any atom is 0.407 e. The van der Waals surface area contributed by atoms with Gasteiger partial charge in [0.05, 0.1) is 30.6 Å². The molecule has 0 bridgehead atoms. The zero-order valence-corrected chi connectivity index (χ0v) is 17.3. The number of nitrogens with zero attached hydrogens (tertiary/aromatic N) is 3. The molecule has 1 aromatic carbocycles. The van der Waals surface area contributed by atoms with Gasteiger partial charge in [-0.2, -0.15) is 0 Å². The Bertz CT molecular complexity index is 1160. The van der Waals surface area contributed by atoms with Crippen LogP contribution in [0, 0.1) is 12.7 Å². The number of amides is 2. The van der Waals surface area contributed by atoms with Gasteiger partial charge in [0.1, 0.15) is 11.5 Å². The second-order valence-corrected chi connectivity index (χ2v) is 7.54. The van der Waals surface area contributed by atoms with Crippen LogP contribution in [0.2, 0.25) is 0 Å². The van der Waals surface area contributed by atoms with Gasteiger partial charge in [-0.15, -0.1) is 0 Å². The van der Waals surface area contributed by atoms with Crippen LogP contribution in [0.5, 0.6) is 0 Å². The minimum absolute atomic E-state index is 0.220. The number of carboxylic acid groups (broad SMARTS) is 1. The molecule has 0 saturated carbocycles. The lowest BCUT2D eigenvalue weighted by atomic mass is 10.0. The number of imidazole rings is 1. The smallest absolute Gasteiger partial charge is 0.407 e. The highest BCUT2D eigenvalue weighted by atomic mass is 19.1. The van der Waals surface area contributed by atoms with Gasteiger partial charge in [-0.3, -0.25) is 4.79 Å². The second kappa shape index (κ2) is 8.35. The highest BCUT2D eigenvalue weighted by molar-refractivity contribution is 5.94. The van der Waals surface area contributed by atoms with Crippen molar-refractivity contribution in [3.05, 3.63) is 59.2 Å². The largest absolute Gasteiger partial charge is 0.465 e. The number of carbonyl (C=O) groups is 2. The summed E-state index contributed by atoms with van der Waals surface area (Å²) in [5.41, 5.74) is 3.33. The molecule has 2 aromatic heterocycles. The highest BCUT2D eigenvalue weighted by Crippen LogP contribution is 2.29. The van der Waals surface area contributed by atoms with Crippen LogP contribution in [0.25, 0.3) is 16.9 Å². The van der Waals surface area contributed by atoms with Crippen LogP contribution in [0.3, 0.4) is 0 Å². The lowest BCUT2D eigenvalue weighted by Crippen LogP contribution is -2.45. The molecule has 8 nitrogen and oxygen atoms in total. The first-order valence-electron chi connectivity index (χ1n) is 9.96. The number of ether oxygens (including phenoxy) is 1. The summed E-state index contributed by atoms with van der Waals surface area (Å²) < 4.78 is 22.7. The Hall–Kier alpha value is -3.46. The summed E-state index contributed by atoms with van der Waals surface area (Å²) in [6.45, 7) is 2.80. The molecule has 4 rings (SSSR count). The maximum absolute atomic E-state index is 15.0. The van der Waals surface area contributed by atoms with E-state index < -0.39 is 11.9 Å². The number of benzene rings is 1. The molecule has 1 saturated heterocycles. The van der Waals surface area contributed by atoms with Crippen molar-refractivity contribution in [2.45, 2.75) is 19.4 Å². The third-order valence-corrected chi connectivity index (χ3v) is 5.42. The van der Waals surface area contributed by atoms with E-state index in [0.29, 0.717) is 30.9 Å². The van der Waals surface area contributed by atoms with Gasteiger partial charge < -0.3 is 24.5 Å². The molecule has 1 aliphatic rings. The first-order chi connectivity index (χ1) is 14.9. The fourth-order valence-corrected chi connectivity index (χ4v) is 3.83. The molecule has 162 valence electrons. The van der Waals surface area contributed by atoms with Gasteiger partial charge in [-0.05, 0) is 42.8 Å². The number of aryl methyl sites for hydroxylation is 1. The molecule has 0 spiro atoms. The summed E-state index contributed by atoms with van der Waals surface area (Å²) in [5, 5.41) is 11.8. The minimum Gasteiger partial charge on any atom is -0.465 e. The van der Waals surface area contributed by atoms with E-state index in [1.54, 1.807) is 12.1 Å². The van der Waals surface area contributed by atoms with E-state index in [0.717, 1.165) is 11.3 Å². The predicted octanol–water partition coefficient (Wildman–Crippen LogP) is 2.73. The molecule has 1 aliphatic heterocycles. The van der Waals surface area contributed by atoms with E-state index in [1.165, 1.54) is 18.0 Å². The van der Waals surface area contributed by atoms with Crippen LogP contribution in [0.1, 0.15) is 21.6 Å². The Kier molecular flexibility index (Phi) is 5.60. The van der Waals surface area contributed by atoms with Gasteiger partial charge in [0, 0.05) is 37.3 Å². The molecular weight excluding hydrogens is 403 g/mol. The Morgan fingerprint density at radius 2 is 2.13 bits per heavy atom. The van der Waals surface area contributed by atoms with Crippen LogP contribution in [-0.4, -0.2) is 64.2 Å². The Balaban J connectivity index is 1.77. The van der Waals surface area contributed by atoms with Gasteiger partial charge in [0.25, 0.3) is 5.91 Å². The molecule has 0 radical (unpaired) electrons. The standard InChI is InChI=1S/C22H23FN4O4/c1-13-5-6-27-18(11-15-12-26(22(29)30)7-8-31-15)20(25-19(27)9-13)16-4-3-14(10-17(16)23)21(28)24-2/h3-6,9-10,15H,7-8,11-12H2,1-2H3,(H,24,28)(H,29,30). The van der Waals surface area contributed by atoms with E-state index in [9.17, 15) is 14.7 Å². The fraction of sp³-hybridized carbons (Fsp3) is 0.318. The molecule has 1 atom stereocenters. The van der Waals surface area contributed by atoms with E-state index in [2.05, 4.69) is 10.3 Å². The number of fused-ring (bicyclic) bond motifs is 1. The number of hydrogen-bond donors (Lipinski definition) is 2. The third kappa shape index (κ3) is 4.09. The molecule has 1 unspecified atom stereocenters. The normalized spacial score (nSPS) is 16.5. The number of hydrogen-bond acceptors (Lipinski definition) is 4. The average molecular weight is 426 g/mol. The first-order valence-corrected chi connectivity index (χ1v) is 9.96. The van der Waals surface area contributed by atoms with Crippen molar-refractivity contribution >= 4 is 17.6 Å². The predicted molar refractivity (Wildman–Crippen MR) is 112 cm³/mol. The number of carbonyl (C=O) groups excluding carboxylic acids is 1. The molecular formula is C22H23FN4O4. The minimum atomic E-state index is -0.988. The van der Waals surface area contributed by atoms with Crippen LogP contribution in [0.15, 0.2) is 36.5 Å². The second-order valence-electron chi connectivity index (χ2n) is 7.54. The molecule has 1 fully saturated rings. The summed E-state index contributed by atoms with van der Waals surface area (Å²) in [5.74, 6) is -0.931. The number of morpholine rings is 1. The fourth-order valence-electron chi connectivity index (χ4n) is 3.83. The zero-order chi connectivity index (χ0) is 22.1. The van der Waals surface area contributed by atoms with Crippen molar-refractivity contribution in [1.82, 2.24) is 19.6 Å². The lowest BCUT2D eigenvalue weighted by Gasteiger charge is -2.31.